The first-order valence-corrected chi connectivity index (χ1v) is 7.80. The molecule has 0 saturated carbocycles. The molecule has 22 heavy (non-hydrogen) atoms. The standard InChI is InChI=1S/C15H17NO5S/c1-19-15(18)11-2-4-12(5-3-11)20-7-8-21-14(17)10-13-16-6-9-22-13/h2-5H,6-10H2,1H3. The summed E-state index contributed by atoms with van der Waals surface area (Å²) in [6.45, 7) is 1.20. The van der Waals surface area contributed by atoms with Crippen molar-refractivity contribution in [3.63, 3.8) is 0 Å². The van der Waals surface area contributed by atoms with Crippen molar-refractivity contribution < 1.29 is 23.8 Å². The molecule has 0 unspecified atom stereocenters. The zero-order chi connectivity index (χ0) is 15.8. The van der Waals surface area contributed by atoms with E-state index in [4.69, 9.17) is 9.47 Å². The van der Waals surface area contributed by atoms with Gasteiger partial charge in [-0.2, -0.15) is 0 Å². The highest BCUT2D eigenvalue weighted by Gasteiger charge is 2.13. The Morgan fingerprint density at radius 2 is 2.00 bits per heavy atom. The molecule has 0 atom stereocenters. The number of carbonyl (C=O) groups excluding carboxylic acids is 2. The predicted octanol–water partition coefficient (Wildman–Crippen LogP) is 1.93. The molecular weight excluding hydrogens is 306 g/mol. The Morgan fingerprint density at radius 3 is 2.64 bits per heavy atom. The van der Waals surface area contributed by atoms with Gasteiger partial charge in [-0.05, 0) is 24.3 Å². The van der Waals surface area contributed by atoms with Gasteiger partial charge in [-0.25, -0.2) is 4.79 Å². The summed E-state index contributed by atoms with van der Waals surface area (Å²) in [6, 6.07) is 6.56. The van der Waals surface area contributed by atoms with Crippen LogP contribution >= 0.6 is 11.8 Å². The van der Waals surface area contributed by atoms with Gasteiger partial charge in [0.2, 0.25) is 0 Å². The Hall–Kier alpha value is -2.02. The maximum absolute atomic E-state index is 11.5. The van der Waals surface area contributed by atoms with Crippen LogP contribution in [0.3, 0.4) is 0 Å². The van der Waals surface area contributed by atoms with Crippen LogP contribution in [0.15, 0.2) is 29.3 Å². The molecule has 0 amide bonds. The third-order valence-electron chi connectivity index (χ3n) is 2.83. The van der Waals surface area contributed by atoms with Gasteiger partial charge >= 0.3 is 11.9 Å². The van der Waals surface area contributed by atoms with Crippen molar-refractivity contribution in [2.45, 2.75) is 6.42 Å². The molecule has 1 heterocycles. The summed E-state index contributed by atoms with van der Waals surface area (Å²) < 4.78 is 15.1. The molecule has 0 bridgehead atoms. The van der Waals surface area contributed by atoms with Crippen LogP contribution < -0.4 is 4.74 Å². The van der Waals surface area contributed by atoms with Crippen molar-refractivity contribution >= 4 is 28.7 Å². The lowest BCUT2D eigenvalue weighted by Gasteiger charge is -2.08. The number of hydrogen-bond acceptors (Lipinski definition) is 7. The average molecular weight is 323 g/mol. The van der Waals surface area contributed by atoms with Gasteiger partial charge in [-0.3, -0.25) is 9.79 Å². The van der Waals surface area contributed by atoms with E-state index in [1.54, 1.807) is 36.0 Å². The third kappa shape index (κ3) is 5.07. The zero-order valence-corrected chi connectivity index (χ0v) is 13.1. The van der Waals surface area contributed by atoms with Gasteiger partial charge in [0, 0.05) is 12.3 Å². The normalized spacial score (nSPS) is 13.4. The summed E-state index contributed by atoms with van der Waals surface area (Å²) in [7, 11) is 1.33. The Labute approximate surface area is 132 Å². The summed E-state index contributed by atoms with van der Waals surface area (Å²) >= 11 is 1.59. The number of nitrogens with zero attached hydrogens (tertiary/aromatic N) is 1. The van der Waals surface area contributed by atoms with Gasteiger partial charge in [0.05, 0.1) is 24.1 Å². The molecule has 2 rings (SSSR count). The Kier molecular flexibility index (Phi) is 6.27. The lowest BCUT2D eigenvalue weighted by molar-refractivity contribution is -0.142. The van der Waals surface area contributed by atoms with Crippen molar-refractivity contribution in [2.24, 2.45) is 4.99 Å². The zero-order valence-electron chi connectivity index (χ0n) is 12.2. The highest BCUT2D eigenvalue weighted by Crippen LogP contribution is 2.15. The molecule has 6 nitrogen and oxygen atoms in total. The van der Waals surface area contributed by atoms with Crippen LogP contribution in [-0.4, -0.2) is 49.6 Å². The van der Waals surface area contributed by atoms with Gasteiger partial charge in [-0.15, -0.1) is 11.8 Å². The highest BCUT2D eigenvalue weighted by molar-refractivity contribution is 8.14. The van der Waals surface area contributed by atoms with E-state index in [-0.39, 0.29) is 25.6 Å². The second-order valence-electron chi connectivity index (χ2n) is 4.39. The summed E-state index contributed by atoms with van der Waals surface area (Å²) in [4.78, 5) is 27.0. The van der Waals surface area contributed by atoms with Crippen LogP contribution in [0.25, 0.3) is 0 Å². The van der Waals surface area contributed by atoms with Crippen LogP contribution in [0.1, 0.15) is 16.8 Å². The Bertz CT molecular complexity index is 556. The van der Waals surface area contributed by atoms with E-state index in [1.807, 2.05) is 0 Å². The van der Waals surface area contributed by atoms with Gasteiger partial charge in [0.25, 0.3) is 0 Å². The summed E-state index contributed by atoms with van der Waals surface area (Å²) in [5.74, 6) is 0.846. The molecule has 0 saturated heterocycles. The number of carbonyl (C=O) groups is 2. The van der Waals surface area contributed by atoms with Gasteiger partial charge in [0.1, 0.15) is 19.0 Å². The first kappa shape index (κ1) is 16.4. The summed E-state index contributed by atoms with van der Waals surface area (Å²) in [5, 5.41) is 0.837. The van der Waals surface area contributed by atoms with Crippen LogP contribution in [0.4, 0.5) is 0 Å². The molecule has 1 aliphatic heterocycles. The largest absolute Gasteiger partial charge is 0.490 e. The van der Waals surface area contributed by atoms with Gasteiger partial charge < -0.3 is 14.2 Å². The molecule has 7 heteroatoms. The van der Waals surface area contributed by atoms with E-state index in [2.05, 4.69) is 9.73 Å². The molecule has 0 fully saturated rings. The van der Waals surface area contributed by atoms with Crippen molar-refractivity contribution in [3.8, 4) is 5.75 Å². The molecule has 1 aliphatic rings. The molecule has 118 valence electrons. The number of ether oxygens (including phenoxy) is 3. The average Bonchev–Trinajstić information content (AvgIpc) is 3.04. The summed E-state index contributed by atoms with van der Waals surface area (Å²) in [6.07, 6.45) is 0.235. The number of rotatable bonds is 7. The third-order valence-corrected chi connectivity index (χ3v) is 3.83. The van der Waals surface area contributed by atoms with Crippen molar-refractivity contribution in [2.75, 3.05) is 32.6 Å². The quantitative estimate of drug-likeness (QED) is 0.564. The van der Waals surface area contributed by atoms with E-state index in [9.17, 15) is 9.59 Å². The molecule has 0 aromatic heterocycles. The fourth-order valence-corrected chi connectivity index (χ4v) is 2.60. The number of methoxy groups -OCH3 is 1. The highest BCUT2D eigenvalue weighted by atomic mass is 32.2. The molecule has 1 aromatic rings. The maximum atomic E-state index is 11.5. The first-order chi connectivity index (χ1) is 10.7. The number of hydrogen-bond donors (Lipinski definition) is 0. The SMILES string of the molecule is COC(=O)c1ccc(OCCOC(=O)CC2=NCCS2)cc1. The number of thioether (sulfide) groups is 1. The van der Waals surface area contributed by atoms with Crippen LogP contribution in [-0.2, 0) is 14.3 Å². The van der Waals surface area contributed by atoms with Crippen LogP contribution in [0, 0.1) is 0 Å². The molecular formula is C15H17NO5S. The van der Waals surface area contributed by atoms with Crippen LogP contribution in [0.5, 0.6) is 5.75 Å². The molecule has 0 radical (unpaired) electrons. The number of esters is 2. The predicted molar refractivity (Wildman–Crippen MR) is 83.6 cm³/mol. The lowest BCUT2D eigenvalue weighted by atomic mass is 10.2. The fraction of sp³-hybridized carbons (Fsp3) is 0.400. The van der Waals surface area contributed by atoms with Crippen molar-refractivity contribution in [1.82, 2.24) is 0 Å². The van der Waals surface area contributed by atoms with E-state index in [0.717, 1.165) is 17.3 Å². The maximum Gasteiger partial charge on any atom is 0.337 e. The first-order valence-electron chi connectivity index (χ1n) is 6.82. The minimum absolute atomic E-state index is 0.176. The Morgan fingerprint density at radius 1 is 1.23 bits per heavy atom. The van der Waals surface area contributed by atoms with E-state index < -0.39 is 5.97 Å². The summed E-state index contributed by atoms with van der Waals surface area (Å²) in [5.41, 5.74) is 0.455. The van der Waals surface area contributed by atoms with Gasteiger partial charge in [-0.1, -0.05) is 0 Å². The number of benzene rings is 1. The van der Waals surface area contributed by atoms with E-state index in [1.165, 1.54) is 7.11 Å². The molecule has 0 N–H and O–H groups in total. The minimum atomic E-state index is -0.395. The molecule has 1 aromatic carbocycles. The number of aliphatic imine (C=N–C) groups is 1. The van der Waals surface area contributed by atoms with E-state index >= 15 is 0 Å². The van der Waals surface area contributed by atoms with Gasteiger partial charge in [0.15, 0.2) is 0 Å². The smallest absolute Gasteiger partial charge is 0.337 e. The molecule has 0 spiro atoms. The lowest BCUT2D eigenvalue weighted by Crippen LogP contribution is -2.14. The second kappa shape index (κ2) is 8.43. The molecule has 0 aliphatic carbocycles. The van der Waals surface area contributed by atoms with Crippen molar-refractivity contribution in [1.29, 1.82) is 0 Å². The minimum Gasteiger partial charge on any atom is -0.490 e. The second-order valence-corrected chi connectivity index (χ2v) is 5.55. The fourth-order valence-electron chi connectivity index (χ4n) is 1.78. The topological polar surface area (TPSA) is 74.2 Å². The van der Waals surface area contributed by atoms with Crippen molar-refractivity contribution in [3.05, 3.63) is 29.8 Å². The monoisotopic (exact) mass is 323 g/mol. The van der Waals surface area contributed by atoms with Crippen LogP contribution in [0.2, 0.25) is 0 Å². The van der Waals surface area contributed by atoms with E-state index in [0.29, 0.717) is 11.3 Å². The Balaban J connectivity index is 1.65.